The summed E-state index contributed by atoms with van der Waals surface area (Å²) in [5, 5.41) is 2.88. The van der Waals surface area contributed by atoms with Gasteiger partial charge in [-0.1, -0.05) is 36.4 Å². The van der Waals surface area contributed by atoms with E-state index in [-0.39, 0.29) is 5.91 Å². The predicted molar refractivity (Wildman–Crippen MR) is 111 cm³/mol. The van der Waals surface area contributed by atoms with Gasteiger partial charge in [0.2, 0.25) is 0 Å². The summed E-state index contributed by atoms with van der Waals surface area (Å²) in [5.41, 5.74) is 1.81. The van der Waals surface area contributed by atoms with Gasteiger partial charge in [0, 0.05) is 19.2 Å². The fourth-order valence-electron chi connectivity index (χ4n) is 3.41. The molecule has 0 saturated carbocycles. The molecule has 0 bridgehead atoms. The molecule has 1 amide bonds. The maximum atomic E-state index is 12.8. The number of hydrogen-bond acceptors (Lipinski definition) is 5. The Morgan fingerprint density at radius 1 is 1.13 bits per heavy atom. The van der Waals surface area contributed by atoms with Crippen LogP contribution in [0.15, 0.2) is 72.9 Å². The SMILES string of the molecule is CC1(C(=O)NCc2cccc(OCc3ccccn3)c2)Cc2ccccc2C(=O)O1. The predicted octanol–water partition coefficient (Wildman–Crippen LogP) is 3.45. The zero-order valence-corrected chi connectivity index (χ0v) is 16.6. The second kappa shape index (κ2) is 8.37. The lowest BCUT2D eigenvalue weighted by Crippen LogP contribution is -2.51. The molecular weight excluding hydrogens is 380 g/mol. The highest BCUT2D eigenvalue weighted by Crippen LogP contribution is 2.28. The normalized spacial score (nSPS) is 17.6. The summed E-state index contributed by atoms with van der Waals surface area (Å²) in [5.74, 6) is -0.110. The van der Waals surface area contributed by atoms with Crippen molar-refractivity contribution in [1.29, 1.82) is 0 Å². The molecule has 4 rings (SSSR count). The molecule has 30 heavy (non-hydrogen) atoms. The monoisotopic (exact) mass is 402 g/mol. The second-order valence-corrected chi connectivity index (χ2v) is 7.39. The molecule has 1 aliphatic heterocycles. The van der Waals surface area contributed by atoms with Crippen molar-refractivity contribution in [2.45, 2.75) is 32.1 Å². The van der Waals surface area contributed by atoms with E-state index in [1.165, 1.54) is 0 Å². The van der Waals surface area contributed by atoms with Crippen LogP contribution in [0.4, 0.5) is 0 Å². The minimum absolute atomic E-state index is 0.300. The van der Waals surface area contributed by atoms with Gasteiger partial charge in [0.05, 0.1) is 11.3 Å². The molecule has 6 nitrogen and oxygen atoms in total. The summed E-state index contributed by atoms with van der Waals surface area (Å²) < 4.78 is 11.3. The van der Waals surface area contributed by atoms with Crippen LogP contribution in [0, 0.1) is 0 Å². The number of aromatic nitrogens is 1. The average Bonchev–Trinajstić information content (AvgIpc) is 2.77. The van der Waals surface area contributed by atoms with Gasteiger partial charge >= 0.3 is 5.97 Å². The Morgan fingerprint density at radius 2 is 1.97 bits per heavy atom. The molecule has 152 valence electrons. The molecule has 3 aromatic rings. The summed E-state index contributed by atoms with van der Waals surface area (Å²) in [6.45, 7) is 2.31. The van der Waals surface area contributed by atoms with E-state index in [9.17, 15) is 9.59 Å². The average molecular weight is 402 g/mol. The highest BCUT2D eigenvalue weighted by molar-refractivity contribution is 5.97. The summed E-state index contributed by atoms with van der Waals surface area (Å²) >= 11 is 0. The fraction of sp³-hybridized carbons (Fsp3) is 0.208. The highest BCUT2D eigenvalue weighted by atomic mass is 16.6. The fourth-order valence-corrected chi connectivity index (χ4v) is 3.41. The first-order valence-electron chi connectivity index (χ1n) is 9.75. The lowest BCUT2D eigenvalue weighted by Gasteiger charge is -2.33. The molecule has 1 aliphatic rings. The summed E-state index contributed by atoms with van der Waals surface area (Å²) in [7, 11) is 0. The molecule has 6 heteroatoms. The maximum absolute atomic E-state index is 12.8. The van der Waals surface area contributed by atoms with E-state index in [2.05, 4.69) is 10.3 Å². The number of fused-ring (bicyclic) bond motifs is 1. The van der Waals surface area contributed by atoms with Gasteiger partial charge in [0.1, 0.15) is 12.4 Å². The minimum atomic E-state index is -1.24. The van der Waals surface area contributed by atoms with Crippen molar-refractivity contribution in [1.82, 2.24) is 10.3 Å². The summed E-state index contributed by atoms with van der Waals surface area (Å²) in [4.78, 5) is 29.3. The van der Waals surface area contributed by atoms with Crippen molar-refractivity contribution in [3.8, 4) is 5.75 Å². The van der Waals surface area contributed by atoms with E-state index in [0.29, 0.717) is 30.9 Å². The lowest BCUT2D eigenvalue weighted by atomic mass is 9.89. The Balaban J connectivity index is 1.37. The number of benzene rings is 2. The third-order valence-corrected chi connectivity index (χ3v) is 5.03. The molecule has 1 atom stereocenters. The molecular formula is C24H22N2O4. The third-order valence-electron chi connectivity index (χ3n) is 5.03. The molecule has 0 radical (unpaired) electrons. The summed E-state index contributed by atoms with van der Waals surface area (Å²) in [6, 6.07) is 20.4. The second-order valence-electron chi connectivity index (χ2n) is 7.39. The zero-order chi connectivity index (χ0) is 21.0. The zero-order valence-electron chi connectivity index (χ0n) is 16.6. The number of cyclic esters (lactones) is 1. The van der Waals surface area contributed by atoms with Crippen LogP contribution >= 0.6 is 0 Å². The number of pyridine rings is 1. The van der Waals surface area contributed by atoms with E-state index >= 15 is 0 Å². The van der Waals surface area contributed by atoms with Crippen LogP contribution in [-0.2, 0) is 29.1 Å². The van der Waals surface area contributed by atoms with E-state index in [1.807, 2.05) is 54.6 Å². The number of esters is 1. The number of nitrogens with zero attached hydrogens (tertiary/aromatic N) is 1. The van der Waals surface area contributed by atoms with Crippen molar-refractivity contribution in [3.63, 3.8) is 0 Å². The molecule has 0 fully saturated rings. The van der Waals surface area contributed by atoms with Crippen molar-refractivity contribution in [2.24, 2.45) is 0 Å². The Kier molecular flexibility index (Phi) is 5.48. The largest absolute Gasteiger partial charge is 0.487 e. The van der Waals surface area contributed by atoms with E-state index in [1.54, 1.807) is 25.3 Å². The van der Waals surface area contributed by atoms with Crippen molar-refractivity contribution in [2.75, 3.05) is 0 Å². The number of carbonyl (C=O) groups is 2. The van der Waals surface area contributed by atoms with Crippen LogP contribution in [0.2, 0.25) is 0 Å². The highest BCUT2D eigenvalue weighted by Gasteiger charge is 2.42. The molecule has 0 saturated heterocycles. The molecule has 0 spiro atoms. The van der Waals surface area contributed by atoms with Crippen LogP contribution in [0.3, 0.4) is 0 Å². The van der Waals surface area contributed by atoms with Gasteiger partial charge in [0.25, 0.3) is 5.91 Å². The molecule has 1 aromatic heterocycles. The van der Waals surface area contributed by atoms with Gasteiger partial charge in [-0.2, -0.15) is 0 Å². The van der Waals surface area contributed by atoms with Crippen LogP contribution in [0.25, 0.3) is 0 Å². The molecule has 2 aromatic carbocycles. The van der Waals surface area contributed by atoms with Crippen LogP contribution in [0.1, 0.15) is 34.1 Å². The van der Waals surface area contributed by atoms with E-state index in [0.717, 1.165) is 16.8 Å². The Hall–Kier alpha value is -3.67. The molecule has 1 N–H and O–H groups in total. The molecule has 1 unspecified atom stereocenters. The Labute approximate surface area is 174 Å². The first-order chi connectivity index (χ1) is 14.5. The maximum Gasteiger partial charge on any atom is 0.339 e. The molecule has 0 aliphatic carbocycles. The Bertz CT molecular complexity index is 1070. The number of ether oxygens (including phenoxy) is 2. The number of amides is 1. The smallest absolute Gasteiger partial charge is 0.339 e. The van der Waals surface area contributed by atoms with Crippen LogP contribution < -0.4 is 10.1 Å². The number of carbonyl (C=O) groups excluding carboxylic acids is 2. The number of nitrogens with one attached hydrogen (secondary N) is 1. The lowest BCUT2D eigenvalue weighted by molar-refractivity contribution is -0.139. The van der Waals surface area contributed by atoms with Gasteiger partial charge in [-0.15, -0.1) is 0 Å². The van der Waals surface area contributed by atoms with E-state index in [4.69, 9.17) is 9.47 Å². The number of hydrogen-bond donors (Lipinski definition) is 1. The topological polar surface area (TPSA) is 77.5 Å². The van der Waals surface area contributed by atoms with Crippen molar-refractivity contribution < 1.29 is 19.1 Å². The standard InChI is InChI=1S/C24H22N2O4/c1-24(14-18-8-2-3-11-21(18)22(27)30-24)23(28)26-15-17-7-6-10-20(13-17)29-16-19-9-4-5-12-25-19/h2-13H,14-16H2,1H3,(H,26,28). The molecule has 2 heterocycles. The van der Waals surface area contributed by atoms with Crippen LogP contribution in [0.5, 0.6) is 5.75 Å². The quantitative estimate of drug-likeness (QED) is 0.639. The van der Waals surface area contributed by atoms with Gasteiger partial charge < -0.3 is 14.8 Å². The van der Waals surface area contributed by atoms with Crippen molar-refractivity contribution in [3.05, 3.63) is 95.3 Å². The third kappa shape index (κ3) is 4.33. The van der Waals surface area contributed by atoms with Crippen molar-refractivity contribution >= 4 is 11.9 Å². The number of rotatable bonds is 6. The van der Waals surface area contributed by atoms with Gasteiger partial charge in [-0.3, -0.25) is 9.78 Å². The van der Waals surface area contributed by atoms with Gasteiger partial charge in [0.15, 0.2) is 5.60 Å². The first-order valence-corrected chi connectivity index (χ1v) is 9.75. The van der Waals surface area contributed by atoms with E-state index < -0.39 is 11.6 Å². The first kappa shape index (κ1) is 19.6. The van der Waals surface area contributed by atoms with Gasteiger partial charge in [-0.25, -0.2) is 4.79 Å². The summed E-state index contributed by atoms with van der Waals surface area (Å²) in [6.07, 6.45) is 2.07. The Morgan fingerprint density at radius 3 is 2.80 bits per heavy atom. The minimum Gasteiger partial charge on any atom is -0.487 e. The van der Waals surface area contributed by atoms with Crippen LogP contribution in [-0.4, -0.2) is 22.5 Å². The van der Waals surface area contributed by atoms with Gasteiger partial charge in [-0.05, 0) is 48.4 Å².